The lowest BCUT2D eigenvalue weighted by Crippen LogP contribution is -2.09. The largest absolute Gasteiger partial charge is 0.476 e. The first-order valence-electron chi connectivity index (χ1n) is 10.1. The van der Waals surface area contributed by atoms with Gasteiger partial charge >= 0.3 is 5.97 Å². The highest BCUT2D eigenvalue weighted by Crippen LogP contribution is 2.41. The van der Waals surface area contributed by atoms with Crippen molar-refractivity contribution in [3.05, 3.63) is 71.3 Å². The number of nitrogens with zero attached hydrogens (tertiary/aromatic N) is 4. The van der Waals surface area contributed by atoms with E-state index in [0.29, 0.717) is 38.8 Å². The van der Waals surface area contributed by atoms with Crippen LogP contribution in [0.4, 0.5) is 4.39 Å². The maximum Gasteiger partial charge on any atom is 0.355 e. The number of hydrogen-bond acceptors (Lipinski definition) is 6. The van der Waals surface area contributed by atoms with Gasteiger partial charge < -0.3 is 5.11 Å². The molecule has 9 heteroatoms. The summed E-state index contributed by atoms with van der Waals surface area (Å²) in [6.07, 6.45) is 0. The zero-order valence-electron chi connectivity index (χ0n) is 18.0. The maximum absolute atomic E-state index is 13.9. The molecule has 0 radical (unpaired) electrons. The van der Waals surface area contributed by atoms with Gasteiger partial charge in [-0.25, -0.2) is 14.2 Å². The number of aromatic carboxylic acids is 1. The zero-order valence-corrected chi connectivity index (χ0v) is 19.7. The summed E-state index contributed by atoms with van der Waals surface area (Å²) in [6, 6.07) is 15.1. The molecule has 0 amide bonds. The predicted molar refractivity (Wildman–Crippen MR) is 127 cm³/mol. The molecule has 2 aromatic heterocycles. The van der Waals surface area contributed by atoms with Crippen LogP contribution in [0.5, 0.6) is 0 Å². The molecular formula is C24H19FN4O2S2. The minimum atomic E-state index is -1.19. The van der Waals surface area contributed by atoms with Crippen molar-refractivity contribution in [1.82, 2.24) is 14.8 Å². The highest BCUT2D eigenvalue weighted by Gasteiger charge is 2.27. The molecule has 0 spiro atoms. The number of hydrogen-bond donors (Lipinski definition) is 1. The number of benzene rings is 2. The lowest BCUT2D eigenvalue weighted by Gasteiger charge is -2.05. The smallest absolute Gasteiger partial charge is 0.355 e. The Morgan fingerprint density at radius 3 is 2.67 bits per heavy atom. The minimum absolute atomic E-state index is 0.0898. The third-order valence-corrected chi connectivity index (χ3v) is 7.03. The van der Waals surface area contributed by atoms with Gasteiger partial charge in [0.05, 0.1) is 27.2 Å². The molecule has 1 N–H and O–H groups in total. The second-order valence-electron chi connectivity index (χ2n) is 7.49. The summed E-state index contributed by atoms with van der Waals surface area (Å²) in [4.78, 5) is 17.0. The lowest BCUT2D eigenvalue weighted by molar-refractivity contribution is 0.0688. The fourth-order valence-electron chi connectivity index (χ4n) is 3.49. The summed E-state index contributed by atoms with van der Waals surface area (Å²) in [5.41, 5.74) is 2.90. The van der Waals surface area contributed by atoms with Crippen LogP contribution >= 0.6 is 23.1 Å². The molecule has 0 saturated carbocycles. The minimum Gasteiger partial charge on any atom is -0.476 e. The quantitative estimate of drug-likeness (QED) is 0.333. The van der Waals surface area contributed by atoms with Crippen LogP contribution in [0, 0.1) is 24.1 Å². The van der Waals surface area contributed by atoms with E-state index < -0.39 is 11.8 Å². The second kappa shape index (κ2) is 9.17. The Morgan fingerprint density at radius 1 is 1.24 bits per heavy atom. The zero-order chi connectivity index (χ0) is 23.7. The fraction of sp³-hybridized carbons (Fsp3) is 0.167. The molecule has 0 aliphatic carbocycles. The van der Waals surface area contributed by atoms with Gasteiger partial charge in [-0.2, -0.15) is 15.0 Å². The van der Waals surface area contributed by atoms with E-state index in [4.69, 9.17) is 4.98 Å². The van der Waals surface area contributed by atoms with Gasteiger partial charge in [-0.15, -0.1) is 11.8 Å². The monoisotopic (exact) mass is 478 g/mol. The molecule has 0 bridgehead atoms. The van der Waals surface area contributed by atoms with Crippen molar-refractivity contribution in [2.24, 2.45) is 0 Å². The molecule has 0 aliphatic rings. The van der Waals surface area contributed by atoms with Crippen LogP contribution in [0.15, 0.2) is 52.7 Å². The van der Waals surface area contributed by atoms with Crippen molar-refractivity contribution in [2.45, 2.75) is 30.2 Å². The van der Waals surface area contributed by atoms with Crippen molar-refractivity contribution in [1.29, 1.82) is 5.26 Å². The molecule has 166 valence electrons. The van der Waals surface area contributed by atoms with E-state index in [9.17, 15) is 19.6 Å². The lowest BCUT2D eigenvalue weighted by atomic mass is 10.0. The average Bonchev–Trinajstić information content (AvgIpc) is 3.34. The first-order valence-corrected chi connectivity index (χ1v) is 11.8. The number of carboxylic acid groups (broad SMARTS) is 1. The van der Waals surface area contributed by atoms with Gasteiger partial charge in [0.15, 0.2) is 5.69 Å². The normalized spacial score (nSPS) is 11.0. The van der Waals surface area contributed by atoms with E-state index in [-0.39, 0.29) is 10.9 Å². The van der Waals surface area contributed by atoms with E-state index >= 15 is 0 Å². The number of thiazole rings is 1. The third-order valence-electron chi connectivity index (χ3n) is 4.79. The number of thioether (sulfide) groups is 1. The van der Waals surface area contributed by atoms with Crippen molar-refractivity contribution in [2.75, 3.05) is 0 Å². The van der Waals surface area contributed by atoms with Crippen LogP contribution in [0.25, 0.3) is 27.5 Å². The third kappa shape index (κ3) is 4.40. The number of aromatic nitrogens is 3. The summed E-state index contributed by atoms with van der Waals surface area (Å²) in [5.74, 6) is -1.65. The Hall–Kier alpha value is -3.48. The fourth-order valence-corrected chi connectivity index (χ4v) is 5.95. The average molecular weight is 479 g/mol. The number of carbonyl (C=O) groups is 1. The highest BCUT2D eigenvalue weighted by atomic mass is 32.2. The molecular weight excluding hydrogens is 459 g/mol. The summed E-state index contributed by atoms with van der Waals surface area (Å²) in [6.45, 7) is 5.78. The first-order chi connectivity index (χ1) is 15.8. The Morgan fingerprint density at radius 2 is 2.00 bits per heavy atom. The molecule has 0 aliphatic heterocycles. The van der Waals surface area contributed by atoms with Gasteiger partial charge in [-0.1, -0.05) is 55.5 Å². The van der Waals surface area contributed by atoms with E-state index in [2.05, 4.69) is 11.2 Å². The molecule has 0 unspecified atom stereocenters. The van der Waals surface area contributed by atoms with Crippen LogP contribution < -0.4 is 0 Å². The van der Waals surface area contributed by atoms with Gasteiger partial charge in [0.2, 0.25) is 5.13 Å². The van der Waals surface area contributed by atoms with E-state index in [0.717, 1.165) is 4.21 Å². The van der Waals surface area contributed by atoms with Crippen molar-refractivity contribution in [3.63, 3.8) is 0 Å². The van der Waals surface area contributed by atoms with Gasteiger partial charge in [0.25, 0.3) is 0 Å². The van der Waals surface area contributed by atoms with Crippen molar-refractivity contribution in [3.8, 4) is 33.6 Å². The van der Waals surface area contributed by atoms with E-state index in [1.165, 1.54) is 34.2 Å². The number of halogens is 1. The molecule has 2 heterocycles. The molecule has 0 atom stereocenters. The number of nitriles is 1. The van der Waals surface area contributed by atoms with Gasteiger partial charge in [0, 0.05) is 16.4 Å². The molecule has 4 aromatic rings. The molecule has 4 rings (SSSR count). The maximum atomic E-state index is 13.9. The number of aryl methyl sites for hydroxylation is 1. The van der Waals surface area contributed by atoms with Gasteiger partial charge in [-0.3, -0.25) is 0 Å². The Bertz CT molecular complexity index is 1400. The molecule has 2 aromatic carbocycles. The summed E-state index contributed by atoms with van der Waals surface area (Å²) >= 11 is 2.90. The molecule has 0 fully saturated rings. The van der Waals surface area contributed by atoms with Crippen LogP contribution in [0.1, 0.15) is 35.6 Å². The van der Waals surface area contributed by atoms with Crippen LogP contribution in [-0.2, 0) is 0 Å². The highest BCUT2D eigenvalue weighted by molar-refractivity contribution is 8.01. The summed E-state index contributed by atoms with van der Waals surface area (Å²) < 4.78 is 16.0. The van der Waals surface area contributed by atoms with Gasteiger partial charge in [-0.05, 0) is 30.7 Å². The van der Waals surface area contributed by atoms with Gasteiger partial charge in [0.1, 0.15) is 5.82 Å². The van der Waals surface area contributed by atoms with Crippen molar-refractivity contribution >= 4 is 29.1 Å². The van der Waals surface area contributed by atoms with Crippen molar-refractivity contribution < 1.29 is 14.3 Å². The molecule has 33 heavy (non-hydrogen) atoms. The Balaban J connectivity index is 1.95. The second-order valence-corrected chi connectivity index (χ2v) is 10.3. The molecule has 6 nitrogen and oxygen atoms in total. The van der Waals surface area contributed by atoms with E-state index in [1.807, 2.05) is 26.0 Å². The first kappa shape index (κ1) is 22.7. The topological polar surface area (TPSA) is 91.8 Å². The predicted octanol–water partition coefficient (Wildman–Crippen LogP) is 6.18. The van der Waals surface area contributed by atoms with E-state index in [1.54, 1.807) is 36.9 Å². The Kier molecular flexibility index (Phi) is 6.31. The van der Waals surface area contributed by atoms with Crippen LogP contribution in [0.2, 0.25) is 0 Å². The number of carboxylic acids is 1. The Labute approximate surface area is 198 Å². The standard InChI is InChI=1S/C24H19FN4O2S2/c1-13(2)32-23-20(18-10-5-4-7-16(18)12-26)27-24(33-23)29-21(22(30)31)19(14(3)28-29)15-8-6-9-17(25)11-15/h4-11,13H,1-3H3,(H,30,31). The summed E-state index contributed by atoms with van der Waals surface area (Å²) in [7, 11) is 0. The molecule has 0 saturated heterocycles. The van der Waals surface area contributed by atoms with Crippen LogP contribution in [-0.4, -0.2) is 31.1 Å². The number of rotatable bonds is 6. The summed E-state index contributed by atoms with van der Waals surface area (Å²) in [5, 5.41) is 24.7. The SMILES string of the molecule is Cc1nn(-c2nc(-c3ccccc3C#N)c(SC(C)C)s2)c(C(=O)O)c1-c1cccc(F)c1. The van der Waals surface area contributed by atoms with Crippen LogP contribution in [0.3, 0.4) is 0 Å².